The number of benzene rings is 1. The van der Waals surface area contributed by atoms with Crippen LogP contribution < -0.4 is 10.1 Å². The minimum absolute atomic E-state index is 0.0505. The van der Waals surface area contributed by atoms with Gasteiger partial charge in [0.2, 0.25) is 18.2 Å². The van der Waals surface area contributed by atoms with Crippen LogP contribution in [0.25, 0.3) is 22.2 Å². The topological polar surface area (TPSA) is 139 Å². The number of pyridine rings is 1. The maximum atomic E-state index is 15.1. The Labute approximate surface area is 211 Å². The number of nitrogens with zero attached hydrogens (tertiary/aromatic N) is 5. The molecule has 5 rings (SSSR count). The normalized spacial score (nSPS) is 15.8. The molecule has 1 aromatic carbocycles. The Bertz CT molecular complexity index is 1460. The number of fused-ring (bicyclic) bond motifs is 1. The highest BCUT2D eigenvalue weighted by Crippen LogP contribution is 2.34. The number of likely N-dealkylation sites (tertiary alicyclic amines) is 1. The number of nitrogens with one attached hydrogen (secondary N) is 2. The summed E-state index contributed by atoms with van der Waals surface area (Å²) in [4.78, 5) is 33.5. The van der Waals surface area contributed by atoms with Crippen LogP contribution in [0.2, 0.25) is 0 Å². The number of H-pyrrole nitrogens is 1. The third-order valence-corrected chi connectivity index (χ3v) is 6.11. The third-order valence-electron chi connectivity index (χ3n) is 6.11. The van der Waals surface area contributed by atoms with Crippen molar-refractivity contribution in [2.45, 2.75) is 45.3 Å². The lowest BCUT2D eigenvalue weighted by Crippen LogP contribution is -2.24. The van der Waals surface area contributed by atoms with Gasteiger partial charge in [0, 0.05) is 36.7 Å². The van der Waals surface area contributed by atoms with Crippen LogP contribution >= 0.6 is 0 Å². The highest BCUT2D eigenvalue weighted by molar-refractivity contribution is 5.96. The molecule has 37 heavy (non-hydrogen) atoms. The Balaban J connectivity index is 1.33. The Kier molecular flexibility index (Phi) is 6.32. The van der Waals surface area contributed by atoms with Crippen LogP contribution in [0.1, 0.15) is 49.3 Å². The molecule has 0 aliphatic carbocycles. The highest BCUT2D eigenvalue weighted by Gasteiger charge is 2.26. The number of carbonyl (C=O) groups is 2. The zero-order valence-electron chi connectivity index (χ0n) is 20.6. The van der Waals surface area contributed by atoms with Gasteiger partial charge in [-0.3, -0.25) is 14.7 Å². The maximum Gasteiger partial charge on any atom is 0.292 e. The largest absolute Gasteiger partial charge is 0.471 e. The van der Waals surface area contributed by atoms with Crippen LogP contribution in [-0.2, 0) is 16.8 Å². The van der Waals surface area contributed by atoms with Gasteiger partial charge in [-0.25, -0.2) is 9.37 Å². The van der Waals surface area contributed by atoms with E-state index in [1.165, 1.54) is 6.07 Å². The second-order valence-corrected chi connectivity index (χ2v) is 9.90. The first kappa shape index (κ1) is 24.3. The molecule has 0 saturated carbocycles. The van der Waals surface area contributed by atoms with E-state index in [2.05, 4.69) is 30.6 Å². The van der Waals surface area contributed by atoms with Crippen molar-refractivity contribution in [3.63, 3.8) is 0 Å². The number of aromatic nitrogens is 5. The SMILES string of the molecule is CC(C)(C)c1nc(C(=O)NCc2ccc(-c3ccnc4[nH]nc(O[C@@H]5CCN(C=O)C5)c34)cc2F)no1. The van der Waals surface area contributed by atoms with Crippen molar-refractivity contribution >= 4 is 23.4 Å². The van der Waals surface area contributed by atoms with E-state index in [4.69, 9.17) is 9.26 Å². The van der Waals surface area contributed by atoms with Crippen molar-refractivity contribution in [2.24, 2.45) is 0 Å². The van der Waals surface area contributed by atoms with Gasteiger partial charge >= 0.3 is 0 Å². The summed E-state index contributed by atoms with van der Waals surface area (Å²) in [6.45, 7) is 6.73. The number of halogens is 1. The van der Waals surface area contributed by atoms with Crippen LogP contribution in [0.15, 0.2) is 35.0 Å². The van der Waals surface area contributed by atoms with Crippen LogP contribution in [0.3, 0.4) is 0 Å². The van der Waals surface area contributed by atoms with E-state index in [1.54, 1.807) is 29.3 Å². The van der Waals surface area contributed by atoms with E-state index in [0.717, 1.165) is 6.41 Å². The molecule has 0 unspecified atom stereocenters. The summed E-state index contributed by atoms with van der Waals surface area (Å²) >= 11 is 0. The van der Waals surface area contributed by atoms with E-state index < -0.39 is 17.1 Å². The summed E-state index contributed by atoms with van der Waals surface area (Å²) < 4.78 is 26.3. The van der Waals surface area contributed by atoms with Gasteiger partial charge < -0.3 is 19.5 Å². The van der Waals surface area contributed by atoms with Gasteiger partial charge in [0.15, 0.2) is 5.65 Å². The van der Waals surface area contributed by atoms with Crippen molar-refractivity contribution in [2.75, 3.05) is 13.1 Å². The minimum atomic E-state index is -0.557. The number of ether oxygens (including phenoxy) is 1. The Morgan fingerprint density at radius 2 is 2.19 bits per heavy atom. The Hall–Kier alpha value is -4.35. The quantitative estimate of drug-likeness (QED) is 0.364. The van der Waals surface area contributed by atoms with Crippen molar-refractivity contribution in [1.82, 2.24) is 35.5 Å². The zero-order valence-corrected chi connectivity index (χ0v) is 20.6. The molecule has 0 spiro atoms. The molecule has 1 aliphatic heterocycles. The van der Waals surface area contributed by atoms with Crippen molar-refractivity contribution < 1.29 is 23.2 Å². The summed E-state index contributed by atoms with van der Waals surface area (Å²) in [5.74, 6) is -0.462. The molecular formula is C25H26FN7O4. The molecule has 1 atom stereocenters. The fourth-order valence-corrected chi connectivity index (χ4v) is 4.09. The number of carbonyl (C=O) groups excluding carboxylic acids is 2. The molecule has 1 aliphatic rings. The maximum absolute atomic E-state index is 15.1. The fourth-order valence-electron chi connectivity index (χ4n) is 4.09. The number of hydrogen-bond donors (Lipinski definition) is 2. The molecule has 1 fully saturated rings. The average Bonchev–Trinajstić information content (AvgIpc) is 3.63. The molecule has 4 aromatic rings. The number of rotatable bonds is 7. The first-order chi connectivity index (χ1) is 17.7. The van der Waals surface area contributed by atoms with Gasteiger partial charge in [-0.05, 0) is 23.3 Å². The van der Waals surface area contributed by atoms with Crippen LogP contribution in [0, 0.1) is 5.82 Å². The summed E-state index contributed by atoms with van der Waals surface area (Å²) in [5.41, 5.74) is 1.70. The van der Waals surface area contributed by atoms with Crippen LogP contribution in [0.5, 0.6) is 5.88 Å². The molecule has 2 N–H and O–H groups in total. The van der Waals surface area contributed by atoms with Gasteiger partial charge in [-0.2, -0.15) is 4.98 Å². The van der Waals surface area contributed by atoms with Gasteiger partial charge in [-0.15, -0.1) is 5.10 Å². The Morgan fingerprint density at radius 3 is 2.89 bits per heavy atom. The monoisotopic (exact) mass is 507 g/mol. The standard InChI is InChI=1S/C25H26FN7O4/c1-25(2,3)24-29-21(32-37-24)22(35)28-11-15-5-4-14(10-18(15)26)17-6-8-27-20-19(17)23(31-30-20)36-16-7-9-33(12-16)13-34/h4-6,8,10,13,16H,7,9,11-12H2,1-3H3,(H,28,35)(H,27,30,31)/t16-/m1/s1. The Morgan fingerprint density at radius 1 is 1.35 bits per heavy atom. The van der Waals surface area contributed by atoms with E-state index >= 15 is 4.39 Å². The predicted molar refractivity (Wildman–Crippen MR) is 130 cm³/mol. The smallest absolute Gasteiger partial charge is 0.292 e. The highest BCUT2D eigenvalue weighted by atomic mass is 19.1. The predicted octanol–water partition coefficient (Wildman–Crippen LogP) is 2.98. The minimum Gasteiger partial charge on any atom is -0.471 e. The number of aromatic amines is 1. The van der Waals surface area contributed by atoms with Gasteiger partial charge in [-0.1, -0.05) is 38.1 Å². The summed E-state index contributed by atoms with van der Waals surface area (Å²) in [6, 6.07) is 6.51. The molecule has 12 heteroatoms. The first-order valence-corrected chi connectivity index (χ1v) is 11.8. The van der Waals surface area contributed by atoms with Crippen molar-refractivity contribution in [3.05, 3.63) is 53.6 Å². The fraction of sp³-hybridized carbons (Fsp3) is 0.360. The molecule has 0 bridgehead atoms. The van der Waals surface area contributed by atoms with Crippen molar-refractivity contribution in [1.29, 1.82) is 0 Å². The van der Waals surface area contributed by atoms with E-state index in [1.807, 2.05) is 20.8 Å². The molecule has 3 aromatic heterocycles. The van der Waals surface area contributed by atoms with Gasteiger partial charge in [0.05, 0.1) is 11.9 Å². The van der Waals surface area contributed by atoms with Crippen LogP contribution in [-0.4, -0.2) is 61.7 Å². The third kappa shape index (κ3) is 4.99. The molecule has 1 saturated heterocycles. The number of hydrogen-bond acceptors (Lipinski definition) is 8. The summed E-state index contributed by atoms with van der Waals surface area (Å²) in [6.07, 6.45) is 2.91. The van der Waals surface area contributed by atoms with E-state index in [0.29, 0.717) is 59.0 Å². The lowest BCUT2D eigenvalue weighted by molar-refractivity contribution is -0.117. The molecule has 192 valence electrons. The molecule has 4 heterocycles. The molecule has 0 radical (unpaired) electrons. The molecular weight excluding hydrogens is 481 g/mol. The van der Waals surface area contributed by atoms with Crippen LogP contribution in [0.4, 0.5) is 4.39 Å². The zero-order chi connectivity index (χ0) is 26.2. The number of amides is 2. The van der Waals surface area contributed by atoms with Crippen molar-refractivity contribution in [3.8, 4) is 17.0 Å². The summed E-state index contributed by atoms with van der Waals surface area (Å²) in [5, 5.41) is 14.1. The lowest BCUT2D eigenvalue weighted by Gasteiger charge is -2.13. The second-order valence-electron chi connectivity index (χ2n) is 9.90. The van der Waals surface area contributed by atoms with E-state index in [9.17, 15) is 9.59 Å². The van der Waals surface area contributed by atoms with Gasteiger partial charge in [0.1, 0.15) is 11.9 Å². The van der Waals surface area contributed by atoms with E-state index in [-0.39, 0.29) is 18.5 Å². The molecule has 11 nitrogen and oxygen atoms in total. The average molecular weight is 508 g/mol. The second kappa shape index (κ2) is 9.60. The first-order valence-electron chi connectivity index (χ1n) is 11.8. The van der Waals surface area contributed by atoms with Gasteiger partial charge in [0.25, 0.3) is 11.7 Å². The molecule has 2 amide bonds. The lowest BCUT2D eigenvalue weighted by atomic mass is 9.97. The summed E-state index contributed by atoms with van der Waals surface area (Å²) in [7, 11) is 0.